The summed E-state index contributed by atoms with van der Waals surface area (Å²) in [5.41, 5.74) is 1.52. The van der Waals surface area contributed by atoms with Crippen LogP contribution in [0.2, 0.25) is 0 Å². The highest BCUT2D eigenvalue weighted by molar-refractivity contribution is 5.96. The lowest BCUT2D eigenvalue weighted by Crippen LogP contribution is -2.40. The number of amides is 1. The maximum Gasteiger partial charge on any atom is 0.299 e. The summed E-state index contributed by atoms with van der Waals surface area (Å²) in [6.07, 6.45) is 1.66. The number of fused-ring (bicyclic) bond motifs is 1. The third-order valence-corrected chi connectivity index (χ3v) is 3.96. The van der Waals surface area contributed by atoms with E-state index in [2.05, 4.69) is 15.5 Å². The van der Waals surface area contributed by atoms with Crippen molar-refractivity contribution in [3.63, 3.8) is 0 Å². The van der Waals surface area contributed by atoms with Gasteiger partial charge < -0.3 is 19.2 Å². The molecule has 1 atom stereocenters. The molecule has 0 bridgehead atoms. The summed E-state index contributed by atoms with van der Waals surface area (Å²) in [5.74, 6) is 0.956. The number of hydrogen-bond donors (Lipinski definition) is 1. The predicted octanol–water partition coefficient (Wildman–Crippen LogP) is 2.73. The van der Waals surface area contributed by atoms with Gasteiger partial charge in [-0.25, -0.2) is 0 Å². The molecule has 2 aromatic heterocycles. The first-order valence-electron chi connectivity index (χ1n) is 7.57. The lowest BCUT2D eigenvalue weighted by atomic mass is 10.2. The van der Waals surface area contributed by atoms with E-state index in [9.17, 15) is 4.79 Å². The first-order valence-corrected chi connectivity index (χ1v) is 7.57. The average molecular weight is 312 g/mol. The molecule has 1 aliphatic heterocycles. The van der Waals surface area contributed by atoms with E-state index < -0.39 is 0 Å². The number of nitrogens with one attached hydrogen (secondary N) is 1. The first kappa shape index (κ1) is 13.8. The minimum Gasteiger partial charge on any atom is -0.423 e. The largest absolute Gasteiger partial charge is 0.423 e. The van der Waals surface area contributed by atoms with Gasteiger partial charge >= 0.3 is 0 Å². The fourth-order valence-corrected chi connectivity index (χ4v) is 2.89. The van der Waals surface area contributed by atoms with Crippen molar-refractivity contribution in [1.29, 1.82) is 0 Å². The zero-order valence-electron chi connectivity index (χ0n) is 12.7. The molecular weight excluding hydrogens is 296 g/mol. The summed E-state index contributed by atoms with van der Waals surface area (Å²) in [5, 5.41) is 6.58. The standard InChI is InChI=1S/C16H16N4O3/c1-10-9-14(19-23-10)18-15(21)12-6-4-8-20(12)16-17-11-5-2-3-7-13(11)22-16/h2-3,5,7,9,12H,4,6,8H2,1H3,(H,18,19,21). The number of anilines is 2. The number of carbonyl (C=O) groups excluding carboxylic acids is 1. The Hall–Kier alpha value is -2.83. The van der Waals surface area contributed by atoms with Gasteiger partial charge in [0.25, 0.3) is 6.01 Å². The van der Waals surface area contributed by atoms with Crippen LogP contribution in [0.4, 0.5) is 11.8 Å². The monoisotopic (exact) mass is 312 g/mol. The highest BCUT2D eigenvalue weighted by Gasteiger charge is 2.34. The molecule has 1 unspecified atom stereocenters. The van der Waals surface area contributed by atoms with Crippen LogP contribution in [0.1, 0.15) is 18.6 Å². The molecule has 1 N–H and O–H groups in total. The van der Waals surface area contributed by atoms with Crippen molar-refractivity contribution in [3.05, 3.63) is 36.1 Å². The smallest absolute Gasteiger partial charge is 0.299 e. The van der Waals surface area contributed by atoms with Gasteiger partial charge in [-0.15, -0.1) is 0 Å². The third-order valence-electron chi connectivity index (χ3n) is 3.96. The zero-order valence-corrected chi connectivity index (χ0v) is 12.7. The molecule has 1 aliphatic rings. The van der Waals surface area contributed by atoms with E-state index >= 15 is 0 Å². The highest BCUT2D eigenvalue weighted by atomic mass is 16.5. The molecule has 23 heavy (non-hydrogen) atoms. The Morgan fingerprint density at radius 3 is 3.04 bits per heavy atom. The molecule has 1 amide bonds. The fourth-order valence-electron chi connectivity index (χ4n) is 2.89. The third kappa shape index (κ3) is 2.54. The van der Waals surface area contributed by atoms with Crippen LogP contribution < -0.4 is 10.2 Å². The van der Waals surface area contributed by atoms with Crippen LogP contribution in [-0.2, 0) is 4.79 Å². The Bertz CT molecular complexity index is 821. The molecule has 1 fully saturated rings. The SMILES string of the molecule is Cc1cc(NC(=O)C2CCCN2c2nc3ccccc3o2)no1. The predicted molar refractivity (Wildman–Crippen MR) is 84.2 cm³/mol. The molecule has 0 spiro atoms. The Morgan fingerprint density at radius 2 is 2.26 bits per heavy atom. The van der Waals surface area contributed by atoms with Crippen molar-refractivity contribution in [2.24, 2.45) is 0 Å². The quantitative estimate of drug-likeness (QED) is 0.800. The average Bonchev–Trinajstić information content (AvgIpc) is 3.24. The molecule has 3 aromatic rings. The van der Waals surface area contributed by atoms with Crippen LogP contribution in [0.15, 0.2) is 39.3 Å². The Kier molecular flexibility index (Phi) is 3.25. The molecule has 0 radical (unpaired) electrons. The van der Waals surface area contributed by atoms with Crippen molar-refractivity contribution in [2.75, 3.05) is 16.8 Å². The molecule has 118 valence electrons. The molecule has 0 aliphatic carbocycles. The second-order valence-corrected chi connectivity index (χ2v) is 5.63. The van der Waals surface area contributed by atoms with E-state index in [4.69, 9.17) is 8.94 Å². The summed E-state index contributed by atoms with van der Waals surface area (Å²) in [7, 11) is 0. The van der Waals surface area contributed by atoms with Crippen LogP contribution in [0, 0.1) is 6.92 Å². The summed E-state index contributed by atoms with van der Waals surface area (Å²) in [6.45, 7) is 2.52. The Labute approximate surface area is 132 Å². The number of nitrogens with zero attached hydrogens (tertiary/aromatic N) is 3. The Morgan fingerprint density at radius 1 is 1.39 bits per heavy atom. The summed E-state index contributed by atoms with van der Waals surface area (Å²) < 4.78 is 10.8. The van der Waals surface area contributed by atoms with Crippen LogP contribution in [0.5, 0.6) is 0 Å². The lowest BCUT2D eigenvalue weighted by molar-refractivity contribution is -0.117. The molecule has 7 nitrogen and oxygen atoms in total. The molecular formula is C16H16N4O3. The van der Waals surface area contributed by atoms with Gasteiger partial charge in [0.15, 0.2) is 11.4 Å². The van der Waals surface area contributed by atoms with Gasteiger partial charge in [-0.3, -0.25) is 4.79 Å². The van der Waals surface area contributed by atoms with E-state index in [1.54, 1.807) is 13.0 Å². The molecule has 1 saturated heterocycles. The topological polar surface area (TPSA) is 84.4 Å². The number of para-hydroxylation sites is 2. The van der Waals surface area contributed by atoms with Crippen LogP contribution in [0.3, 0.4) is 0 Å². The van der Waals surface area contributed by atoms with Crippen molar-refractivity contribution < 1.29 is 13.7 Å². The molecule has 7 heteroatoms. The highest BCUT2D eigenvalue weighted by Crippen LogP contribution is 2.28. The van der Waals surface area contributed by atoms with Gasteiger partial charge in [-0.05, 0) is 31.9 Å². The van der Waals surface area contributed by atoms with E-state index in [0.717, 1.165) is 30.5 Å². The maximum atomic E-state index is 12.5. The van der Waals surface area contributed by atoms with Gasteiger partial charge in [-0.1, -0.05) is 17.3 Å². The minimum absolute atomic E-state index is 0.127. The fraction of sp³-hybridized carbons (Fsp3) is 0.312. The number of oxazole rings is 1. The maximum absolute atomic E-state index is 12.5. The van der Waals surface area contributed by atoms with E-state index in [-0.39, 0.29) is 11.9 Å². The number of benzene rings is 1. The molecule has 4 rings (SSSR count). The summed E-state index contributed by atoms with van der Waals surface area (Å²) >= 11 is 0. The zero-order chi connectivity index (χ0) is 15.8. The van der Waals surface area contributed by atoms with E-state index in [1.807, 2.05) is 29.2 Å². The molecule has 0 saturated carbocycles. The van der Waals surface area contributed by atoms with E-state index in [1.165, 1.54) is 0 Å². The minimum atomic E-state index is -0.319. The first-order chi connectivity index (χ1) is 11.2. The van der Waals surface area contributed by atoms with Crippen molar-refractivity contribution in [2.45, 2.75) is 25.8 Å². The van der Waals surface area contributed by atoms with Crippen molar-refractivity contribution in [1.82, 2.24) is 10.1 Å². The number of hydrogen-bond acceptors (Lipinski definition) is 6. The van der Waals surface area contributed by atoms with Crippen molar-refractivity contribution in [3.8, 4) is 0 Å². The van der Waals surface area contributed by atoms with Gasteiger partial charge in [0, 0.05) is 12.6 Å². The lowest BCUT2D eigenvalue weighted by Gasteiger charge is -2.21. The van der Waals surface area contributed by atoms with E-state index in [0.29, 0.717) is 17.6 Å². The second kappa shape index (κ2) is 5.42. The van der Waals surface area contributed by atoms with Crippen LogP contribution >= 0.6 is 0 Å². The number of rotatable bonds is 3. The normalized spacial score (nSPS) is 17.8. The summed E-state index contributed by atoms with van der Waals surface area (Å²) in [4.78, 5) is 18.9. The van der Waals surface area contributed by atoms with Crippen LogP contribution in [-0.4, -0.2) is 28.6 Å². The number of carbonyl (C=O) groups is 1. The van der Waals surface area contributed by atoms with Gasteiger partial charge in [0.1, 0.15) is 17.3 Å². The number of aryl methyl sites for hydroxylation is 1. The van der Waals surface area contributed by atoms with Gasteiger partial charge in [0.2, 0.25) is 5.91 Å². The van der Waals surface area contributed by atoms with Gasteiger partial charge in [-0.2, -0.15) is 4.98 Å². The molecule has 1 aromatic carbocycles. The number of aromatic nitrogens is 2. The Balaban J connectivity index is 1.57. The summed E-state index contributed by atoms with van der Waals surface area (Å²) in [6, 6.07) is 9.44. The van der Waals surface area contributed by atoms with Crippen molar-refractivity contribution >= 4 is 28.8 Å². The van der Waals surface area contributed by atoms with Gasteiger partial charge in [0.05, 0.1) is 0 Å². The second-order valence-electron chi connectivity index (χ2n) is 5.63. The molecule has 3 heterocycles. The van der Waals surface area contributed by atoms with Crippen LogP contribution in [0.25, 0.3) is 11.1 Å².